The molecule has 0 saturated carbocycles. The molecule has 0 aliphatic heterocycles. The molecule has 1 aromatic heterocycles. The lowest BCUT2D eigenvalue weighted by Crippen LogP contribution is -2.40. The van der Waals surface area contributed by atoms with Crippen molar-refractivity contribution in [1.82, 2.24) is 9.71 Å². The Labute approximate surface area is 90.8 Å². The van der Waals surface area contributed by atoms with Gasteiger partial charge in [-0.3, -0.25) is 0 Å². The number of aromatic nitrogens is 1. The van der Waals surface area contributed by atoms with Crippen molar-refractivity contribution in [2.24, 2.45) is 0 Å². The minimum Gasteiger partial charge on any atom is -0.243 e. The number of hydrogen-bond donors (Lipinski definition) is 1. The Morgan fingerprint density at radius 3 is 2.27 bits per heavy atom. The largest absolute Gasteiger partial charge is 0.258 e. The van der Waals surface area contributed by atoms with Crippen molar-refractivity contribution in [2.45, 2.75) is 38.3 Å². The molecule has 0 spiro atoms. The molecule has 0 amide bonds. The van der Waals surface area contributed by atoms with Gasteiger partial charge >= 0.3 is 0 Å². The Bertz CT molecular complexity index is 429. The molecule has 15 heavy (non-hydrogen) atoms. The van der Waals surface area contributed by atoms with E-state index in [-0.39, 0.29) is 5.03 Å². The van der Waals surface area contributed by atoms with Gasteiger partial charge in [0.2, 0.25) is 0 Å². The SMILES string of the molecule is Cc1ccc(S(=O)(=O)NC(C)(C)C)nc1. The molecule has 0 fully saturated rings. The molecule has 0 aromatic carbocycles. The molecule has 0 aliphatic carbocycles. The second-order valence-electron chi connectivity index (χ2n) is 4.53. The van der Waals surface area contributed by atoms with Crippen molar-refractivity contribution < 1.29 is 8.42 Å². The molecule has 5 heteroatoms. The van der Waals surface area contributed by atoms with Crippen LogP contribution in [0, 0.1) is 6.92 Å². The van der Waals surface area contributed by atoms with Crippen LogP contribution in [0.5, 0.6) is 0 Å². The van der Waals surface area contributed by atoms with Crippen LogP contribution >= 0.6 is 0 Å². The summed E-state index contributed by atoms with van der Waals surface area (Å²) in [5.41, 5.74) is 0.440. The van der Waals surface area contributed by atoms with Gasteiger partial charge in [0, 0.05) is 11.7 Å². The molecule has 1 aromatic rings. The minimum atomic E-state index is -3.50. The van der Waals surface area contributed by atoms with Crippen LogP contribution in [-0.4, -0.2) is 18.9 Å². The second kappa shape index (κ2) is 3.90. The lowest BCUT2D eigenvalue weighted by atomic mass is 10.1. The fourth-order valence-electron chi connectivity index (χ4n) is 1.07. The zero-order chi connectivity index (χ0) is 11.7. The molecule has 0 aliphatic rings. The average molecular weight is 228 g/mol. The number of nitrogens with zero attached hydrogens (tertiary/aromatic N) is 1. The topological polar surface area (TPSA) is 59.1 Å². The molecule has 0 bridgehead atoms. The first kappa shape index (κ1) is 12.1. The standard InChI is InChI=1S/C10H16N2O2S/c1-8-5-6-9(11-7-8)15(13,14)12-10(2,3)4/h5-7,12H,1-4H3. The molecule has 1 rings (SSSR count). The fraction of sp³-hybridized carbons (Fsp3) is 0.500. The quantitative estimate of drug-likeness (QED) is 0.833. The minimum absolute atomic E-state index is 0.0584. The molecule has 0 atom stereocenters. The van der Waals surface area contributed by atoms with Gasteiger partial charge in [-0.25, -0.2) is 18.1 Å². The van der Waals surface area contributed by atoms with E-state index >= 15 is 0 Å². The van der Waals surface area contributed by atoms with E-state index in [1.54, 1.807) is 26.8 Å². The molecule has 1 heterocycles. The van der Waals surface area contributed by atoms with Gasteiger partial charge in [0.15, 0.2) is 5.03 Å². The Morgan fingerprint density at radius 2 is 1.87 bits per heavy atom. The van der Waals surface area contributed by atoms with Gasteiger partial charge in [-0.1, -0.05) is 6.07 Å². The van der Waals surface area contributed by atoms with E-state index in [0.717, 1.165) is 5.56 Å². The number of hydrogen-bond acceptors (Lipinski definition) is 3. The van der Waals surface area contributed by atoms with Crippen molar-refractivity contribution in [3.8, 4) is 0 Å². The normalized spacial score (nSPS) is 12.8. The zero-order valence-electron chi connectivity index (χ0n) is 9.40. The first-order valence-corrected chi connectivity index (χ1v) is 6.16. The Balaban J connectivity index is 3.02. The summed E-state index contributed by atoms with van der Waals surface area (Å²) in [6.45, 7) is 7.23. The summed E-state index contributed by atoms with van der Waals surface area (Å²) in [6, 6.07) is 3.23. The maximum atomic E-state index is 11.8. The molecule has 0 radical (unpaired) electrons. The fourth-order valence-corrected chi connectivity index (χ4v) is 2.42. The third-order valence-corrected chi connectivity index (χ3v) is 3.27. The van der Waals surface area contributed by atoms with E-state index in [2.05, 4.69) is 9.71 Å². The van der Waals surface area contributed by atoms with Crippen LogP contribution in [0.25, 0.3) is 0 Å². The number of pyridine rings is 1. The monoisotopic (exact) mass is 228 g/mol. The Kier molecular flexibility index (Phi) is 3.16. The van der Waals surface area contributed by atoms with Crippen LogP contribution < -0.4 is 4.72 Å². The van der Waals surface area contributed by atoms with Crippen molar-refractivity contribution in [1.29, 1.82) is 0 Å². The lowest BCUT2D eigenvalue weighted by Gasteiger charge is -2.19. The van der Waals surface area contributed by atoms with Crippen molar-refractivity contribution >= 4 is 10.0 Å². The van der Waals surface area contributed by atoms with Gasteiger partial charge in [0.25, 0.3) is 10.0 Å². The van der Waals surface area contributed by atoms with E-state index in [1.165, 1.54) is 12.3 Å². The Hall–Kier alpha value is -0.940. The van der Waals surface area contributed by atoms with Gasteiger partial charge in [0.1, 0.15) is 0 Å². The van der Waals surface area contributed by atoms with Gasteiger partial charge in [-0.2, -0.15) is 0 Å². The smallest absolute Gasteiger partial charge is 0.243 e. The summed E-state index contributed by atoms with van der Waals surface area (Å²) in [4.78, 5) is 3.88. The highest BCUT2D eigenvalue weighted by Gasteiger charge is 2.22. The summed E-state index contributed by atoms with van der Waals surface area (Å²) in [5.74, 6) is 0. The summed E-state index contributed by atoms with van der Waals surface area (Å²) < 4.78 is 26.1. The summed E-state index contributed by atoms with van der Waals surface area (Å²) in [6.07, 6.45) is 1.54. The highest BCUT2D eigenvalue weighted by Crippen LogP contribution is 2.10. The number of aryl methyl sites for hydroxylation is 1. The highest BCUT2D eigenvalue weighted by atomic mass is 32.2. The van der Waals surface area contributed by atoms with Crippen LogP contribution in [0.3, 0.4) is 0 Å². The average Bonchev–Trinajstić information content (AvgIpc) is 2.00. The van der Waals surface area contributed by atoms with Gasteiger partial charge in [-0.05, 0) is 39.3 Å². The number of rotatable bonds is 2. The Morgan fingerprint density at radius 1 is 1.27 bits per heavy atom. The second-order valence-corrected chi connectivity index (χ2v) is 6.16. The summed E-state index contributed by atoms with van der Waals surface area (Å²) in [7, 11) is -3.50. The third kappa shape index (κ3) is 3.60. The predicted molar refractivity (Wildman–Crippen MR) is 59.0 cm³/mol. The third-order valence-electron chi connectivity index (χ3n) is 1.60. The van der Waals surface area contributed by atoms with Crippen LogP contribution in [-0.2, 0) is 10.0 Å². The van der Waals surface area contributed by atoms with E-state index in [9.17, 15) is 8.42 Å². The van der Waals surface area contributed by atoms with Crippen LogP contribution in [0.15, 0.2) is 23.4 Å². The van der Waals surface area contributed by atoms with Crippen molar-refractivity contribution in [3.05, 3.63) is 23.9 Å². The first-order chi connectivity index (χ1) is 6.71. The van der Waals surface area contributed by atoms with E-state index in [1.807, 2.05) is 6.92 Å². The highest BCUT2D eigenvalue weighted by molar-refractivity contribution is 7.89. The number of sulfonamides is 1. The molecule has 4 nitrogen and oxygen atoms in total. The lowest BCUT2D eigenvalue weighted by molar-refractivity contribution is 0.489. The van der Waals surface area contributed by atoms with Gasteiger partial charge in [0.05, 0.1) is 0 Å². The van der Waals surface area contributed by atoms with Gasteiger partial charge in [-0.15, -0.1) is 0 Å². The molecule has 1 N–H and O–H groups in total. The maximum absolute atomic E-state index is 11.8. The first-order valence-electron chi connectivity index (χ1n) is 4.67. The van der Waals surface area contributed by atoms with E-state index < -0.39 is 15.6 Å². The van der Waals surface area contributed by atoms with Crippen LogP contribution in [0.4, 0.5) is 0 Å². The predicted octanol–water partition coefficient (Wildman–Crippen LogP) is 1.47. The molecule has 0 unspecified atom stereocenters. The number of nitrogens with one attached hydrogen (secondary N) is 1. The van der Waals surface area contributed by atoms with E-state index in [0.29, 0.717) is 0 Å². The van der Waals surface area contributed by atoms with Crippen molar-refractivity contribution in [2.75, 3.05) is 0 Å². The molecular weight excluding hydrogens is 212 g/mol. The van der Waals surface area contributed by atoms with E-state index in [4.69, 9.17) is 0 Å². The molecular formula is C10H16N2O2S. The van der Waals surface area contributed by atoms with Crippen molar-refractivity contribution in [3.63, 3.8) is 0 Å². The molecule has 84 valence electrons. The van der Waals surface area contributed by atoms with Crippen LogP contribution in [0.2, 0.25) is 0 Å². The zero-order valence-corrected chi connectivity index (χ0v) is 10.2. The summed E-state index contributed by atoms with van der Waals surface area (Å²) in [5, 5.41) is 0.0584. The maximum Gasteiger partial charge on any atom is 0.258 e. The molecule has 0 saturated heterocycles. The van der Waals surface area contributed by atoms with Crippen LogP contribution in [0.1, 0.15) is 26.3 Å². The summed E-state index contributed by atoms with van der Waals surface area (Å²) >= 11 is 0. The van der Waals surface area contributed by atoms with Gasteiger partial charge < -0.3 is 0 Å².